The first-order valence-corrected chi connectivity index (χ1v) is 7.52. The van der Waals surface area contributed by atoms with Crippen LogP contribution in [-0.4, -0.2) is 19.6 Å². The molecule has 7 heteroatoms. The van der Waals surface area contributed by atoms with Gasteiger partial charge in [0.2, 0.25) is 5.78 Å². The van der Waals surface area contributed by atoms with Gasteiger partial charge in [0.15, 0.2) is 5.82 Å². The third kappa shape index (κ3) is 1.63. The normalized spacial score (nSPS) is 11.4. The first kappa shape index (κ1) is 11.8. The average molecular weight is 347 g/mol. The lowest BCUT2D eigenvalue weighted by Gasteiger charge is -2.01. The van der Waals surface area contributed by atoms with Crippen molar-refractivity contribution in [2.24, 2.45) is 0 Å². The minimum Gasteiger partial charge on any atom is -0.289 e. The average Bonchev–Trinajstić information content (AvgIpc) is 3.05. The van der Waals surface area contributed by atoms with Gasteiger partial charge in [-0.2, -0.15) is 0 Å². The molecule has 0 bridgehead atoms. The standard InChI is InChI=1S/C13H7BrN4OS/c14-8-3-1-7(2-4-8)11-16-17-13-15-12(19)10-9(18(11)13)5-6-20-10/h1-6H,(H,15,17,19). The Labute approximate surface area is 125 Å². The van der Waals surface area contributed by atoms with Crippen LogP contribution in [0.5, 0.6) is 0 Å². The van der Waals surface area contributed by atoms with E-state index >= 15 is 0 Å². The molecule has 0 unspecified atom stereocenters. The van der Waals surface area contributed by atoms with E-state index in [1.165, 1.54) is 11.3 Å². The molecule has 0 fully saturated rings. The third-order valence-corrected chi connectivity index (χ3v) is 4.51. The van der Waals surface area contributed by atoms with Crippen LogP contribution >= 0.6 is 27.3 Å². The number of hydrogen-bond donors (Lipinski definition) is 1. The Balaban J connectivity index is 2.13. The minimum absolute atomic E-state index is 0.128. The minimum atomic E-state index is -0.128. The first-order chi connectivity index (χ1) is 9.74. The Hall–Kier alpha value is -1.99. The second-order valence-corrected chi connectivity index (χ2v) is 6.11. The highest BCUT2D eigenvalue weighted by atomic mass is 79.9. The molecule has 0 saturated carbocycles. The molecule has 0 saturated heterocycles. The van der Waals surface area contributed by atoms with Gasteiger partial charge >= 0.3 is 0 Å². The quantitative estimate of drug-likeness (QED) is 0.576. The highest BCUT2D eigenvalue weighted by Crippen LogP contribution is 2.24. The maximum absolute atomic E-state index is 11.9. The Kier molecular flexibility index (Phi) is 2.51. The fourth-order valence-corrected chi connectivity index (χ4v) is 3.22. The summed E-state index contributed by atoms with van der Waals surface area (Å²) in [5, 5.41) is 10.2. The fraction of sp³-hybridized carbons (Fsp3) is 0. The summed E-state index contributed by atoms with van der Waals surface area (Å²) in [4.78, 5) is 14.7. The molecule has 0 aliphatic carbocycles. The van der Waals surface area contributed by atoms with Gasteiger partial charge in [-0.3, -0.25) is 14.2 Å². The molecule has 1 N–H and O–H groups in total. The van der Waals surface area contributed by atoms with Gasteiger partial charge in [0.1, 0.15) is 4.70 Å². The Bertz CT molecular complexity index is 983. The van der Waals surface area contributed by atoms with Crippen molar-refractivity contribution in [1.29, 1.82) is 0 Å². The van der Waals surface area contributed by atoms with Gasteiger partial charge < -0.3 is 0 Å². The van der Waals surface area contributed by atoms with Gasteiger partial charge in [0.25, 0.3) is 5.56 Å². The summed E-state index contributed by atoms with van der Waals surface area (Å²) in [6.45, 7) is 0. The molecule has 3 aromatic heterocycles. The number of aromatic amines is 1. The monoisotopic (exact) mass is 346 g/mol. The number of fused-ring (bicyclic) bond motifs is 3. The Morgan fingerprint density at radius 3 is 2.75 bits per heavy atom. The molecular formula is C13H7BrN4OS. The van der Waals surface area contributed by atoms with E-state index in [0.29, 0.717) is 16.3 Å². The second kappa shape index (κ2) is 4.26. The van der Waals surface area contributed by atoms with Crippen LogP contribution in [0.25, 0.3) is 27.4 Å². The highest BCUT2D eigenvalue weighted by Gasteiger charge is 2.13. The fourth-order valence-electron chi connectivity index (χ4n) is 2.19. The Morgan fingerprint density at radius 1 is 1.15 bits per heavy atom. The van der Waals surface area contributed by atoms with Crippen LogP contribution in [-0.2, 0) is 0 Å². The lowest BCUT2D eigenvalue weighted by atomic mass is 10.2. The molecular weight excluding hydrogens is 340 g/mol. The maximum Gasteiger partial charge on any atom is 0.270 e. The summed E-state index contributed by atoms with van der Waals surface area (Å²) in [5.74, 6) is 1.17. The van der Waals surface area contributed by atoms with E-state index in [0.717, 1.165) is 15.6 Å². The van der Waals surface area contributed by atoms with Crippen LogP contribution < -0.4 is 5.56 Å². The number of halogens is 1. The van der Waals surface area contributed by atoms with E-state index in [-0.39, 0.29) is 5.56 Å². The number of H-pyrrole nitrogens is 1. The lowest BCUT2D eigenvalue weighted by Crippen LogP contribution is -2.08. The van der Waals surface area contributed by atoms with E-state index < -0.39 is 0 Å². The topological polar surface area (TPSA) is 63.0 Å². The van der Waals surface area contributed by atoms with Crippen molar-refractivity contribution in [2.45, 2.75) is 0 Å². The molecule has 0 spiro atoms. The molecule has 20 heavy (non-hydrogen) atoms. The van der Waals surface area contributed by atoms with Gasteiger partial charge in [-0.25, -0.2) is 0 Å². The molecule has 5 nitrogen and oxygen atoms in total. The van der Waals surface area contributed by atoms with Crippen molar-refractivity contribution in [3.8, 4) is 11.4 Å². The van der Waals surface area contributed by atoms with Crippen LogP contribution in [0.4, 0.5) is 0 Å². The number of benzene rings is 1. The van der Waals surface area contributed by atoms with E-state index in [1.54, 1.807) is 0 Å². The van der Waals surface area contributed by atoms with Gasteiger partial charge in [-0.15, -0.1) is 21.5 Å². The summed E-state index contributed by atoms with van der Waals surface area (Å²) < 4.78 is 3.55. The zero-order valence-corrected chi connectivity index (χ0v) is 12.4. The molecule has 0 atom stereocenters. The third-order valence-electron chi connectivity index (χ3n) is 3.08. The summed E-state index contributed by atoms with van der Waals surface area (Å²) >= 11 is 4.82. The molecule has 0 aliphatic rings. The number of thiophene rings is 1. The molecule has 0 radical (unpaired) electrons. The van der Waals surface area contributed by atoms with Crippen molar-refractivity contribution in [2.75, 3.05) is 0 Å². The van der Waals surface area contributed by atoms with Crippen LogP contribution in [0, 0.1) is 0 Å². The second-order valence-electron chi connectivity index (χ2n) is 4.28. The first-order valence-electron chi connectivity index (χ1n) is 5.84. The van der Waals surface area contributed by atoms with Crippen molar-refractivity contribution in [3.05, 3.63) is 50.5 Å². The molecule has 1 aromatic carbocycles. The van der Waals surface area contributed by atoms with Crippen LogP contribution in [0.1, 0.15) is 0 Å². The smallest absolute Gasteiger partial charge is 0.270 e. The number of nitrogens with zero attached hydrogens (tertiary/aromatic N) is 3. The summed E-state index contributed by atoms with van der Waals surface area (Å²) in [7, 11) is 0. The molecule has 0 amide bonds. The van der Waals surface area contributed by atoms with Crippen LogP contribution in [0.2, 0.25) is 0 Å². The van der Waals surface area contributed by atoms with Crippen molar-refractivity contribution < 1.29 is 0 Å². The predicted octanol–water partition coefficient (Wildman–Crippen LogP) is 3.06. The molecule has 4 rings (SSSR count). The zero-order chi connectivity index (χ0) is 13.7. The predicted molar refractivity (Wildman–Crippen MR) is 82.1 cm³/mol. The van der Waals surface area contributed by atoms with E-state index in [4.69, 9.17) is 0 Å². The van der Waals surface area contributed by atoms with Crippen molar-refractivity contribution in [3.63, 3.8) is 0 Å². The largest absolute Gasteiger partial charge is 0.289 e. The summed E-state index contributed by atoms with van der Waals surface area (Å²) in [5.41, 5.74) is 1.65. The van der Waals surface area contributed by atoms with E-state index in [2.05, 4.69) is 31.1 Å². The Morgan fingerprint density at radius 2 is 1.95 bits per heavy atom. The van der Waals surface area contributed by atoms with Gasteiger partial charge in [-0.05, 0) is 23.6 Å². The summed E-state index contributed by atoms with van der Waals surface area (Å²) in [6, 6.07) is 9.74. The molecule has 98 valence electrons. The van der Waals surface area contributed by atoms with Crippen molar-refractivity contribution in [1.82, 2.24) is 19.6 Å². The molecule has 0 aliphatic heterocycles. The van der Waals surface area contributed by atoms with Crippen LogP contribution in [0.15, 0.2) is 45.0 Å². The van der Waals surface area contributed by atoms with Gasteiger partial charge in [-0.1, -0.05) is 28.1 Å². The van der Waals surface area contributed by atoms with Crippen molar-refractivity contribution >= 4 is 43.3 Å². The summed E-state index contributed by atoms with van der Waals surface area (Å²) in [6.07, 6.45) is 0. The molecule has 4 aromatic rings. The van der Waals surface area contributed by atoms with Crippen LogP contribution in [0.3, 0.4) is 0 Å². The van der Waals surface area contributed by atoms with Gasteiger partial charge in [0, 0.05) is 10.0 Å². The maximum atomic E-state index is 11.9. The number of aromatic nitrogens is 4. The van der Waals surface area contributed by atoms with E-state index in [1.807, 2.05) is 40.1 Å². The SMILES string of the molecule is O=c1[nH]c2nnc(-c3ccc(Br)cc3)n2c2ccsc12. The number of nitrogens with one attached hydrogen (secondary N) is 1. The zero-order valence-electron chi connectivity index (χ0n) is 10.0. The molecule has 3 heterocycles. The van der Waals surface area contributed by atoms with E-state index in [9.17, 15) is 4.79 Å². The highest BCUT2D eigenvalue weighted by molar-refractivity contribution is 9.10. The lowest BCUT2D eigenvalue weighted by molar-refractivity contribution is 1.09. The number of hydrogen-bond acceptors (Lipinski definition) is 4. The number of rotatable bonds is 1. The van der Waals surface area contributed by atoms with Gasteiger partial charge in [0.05, 0.1) is 5.52 Å².